The largest absolute Gasteiger partial charge is 0.313 e. The first-order chi connectivity index (χ1) is 6.38. The highest BCUT2D eigenvalue weighted by Gasteiger charge is 2.08. The predicted molar refractivity (Wildman–Crippen MR) is 63.8 cm³/mol. The van der Waals surface area contributed by atoms with Gasteiger partial charge in [0.1, 0.15) is 0 Å². The van der Waals surface area contributed by atoms with Crippen LogP contribution < -0.4 is 5.32 Å². The molecule has 0 saturated heterocycles. The van der Waals surface area contributed by atoms with Crippen molar-refractivity contribution in [1.82, 2.24) is 5.32 Å². The minimum absolute atomic E-state index is 1.05. The van der Waals surface area contributed by atoms with Crippen LogP contribution in [0.4, 0.5) is 0 Å². The zero-order valence-corrected chi connectivity index (χ0v) is 9.80. The summed E-state index contributed by atoms with van der Waals surface area (Å²) in [6.45, 7) is 2.22. The van der Waals surface area contributed by atoms with E-state index in [9.17, 15) is 0 Å². The van der Waals surface area contributed by atoms with E-state index in [2.05, 4.69) is 46.1 Å². The van der Waals surface area contributed by atoms with Gasteiger partial charge in [0.2, 0.25) is 0 Å². The molecule has 0 amide bonds. The molecule has 0 unspecified atom stereocenters. The lowest BCUT2D eigenvalue weighted by atomic mass is 10.0. The molecule has 1 nitrogen and oxygen atoms in total. The van der Waals surface area contributed by atoms with Crippen molar-refractivity contribution in [2.45, 2.75) is 25.8 Å². The quantitative estimate of drug-likeness (QED) is 0.723. The standard InChI is InChI=1S/C11H14IN/c12-11-6-3-5-9-4-1-2-7-13-8-10(9)11/h3,5-6,13H,1-2,4,7-8H2. The third kappa shape index (κ3) is 2.23. The Balaban J connectivity index is 2.33. The maximum Gasteiger partial charge on any atom is 0.0218 e. The Kier molecular flexibility index (Phi) is 3.22. The first-order valence-corrected chi connectivity index (χ1v) is 5.93. The van der Waals surface area contributed by atoms with Crippen LogP contribution in [0.15, 0.2) is 18.2 Å². The summed E-state index contributed by atoms with van der Waals surface area (Å²) in [5.74, 6) is 0. The topological polar surface area (TPSA) is 12.0 Å². The van der Waals surface area contributed by atoms with Crippen molar-refractivity contribution < 1.29 is 0 Å². The van der Waals surface area contributed by atoms with Crippen LogP contribution >= 0.6 is 22.6 Å². The molecule has 0 spiro atoms. The third-order valence-corrected chi connectivity index (χ3v) is 3.58. The van der Waals surface area contributed by atoms with Crippen LogP contribution in [0.2, 0.25) is 0 Å². The predicted octanol–water partition coefficient (Wildman–Crippen LogP) is 2.72. The summed E-state index contributed by atoms with van der Waals surface area (Å²) in [7, 11) is 0. The number of hydrogen-bond acceptors (Lipinski definition) is 1. The summed E-state index contributed by atoms with van der Waals surface area (Å²) in [5, 5.41) is 3.48. The summed E-state index contributed by atoms with van der Waals surface area (Å²) < 4.78 is 1.41. The Morgan fingerprint density at radius 2 is 2.15 bits per heavy atom. The van der Waals surface area contributed by atoms with Crippen LogP contribution in [-0.4, -0.2) is 6.54 Å². The van der Waals surface area contributed by atoms with E-state index in [0.29, 0.717) is 0 Å². The first kappa shape index (κ1) is 9.46. The van der Waals surface area contributed by atoms with E-state index in [1.165, 1.54) is 34.9 Å². The average molecular weight is 287 g/mol. The van der Waals surface area contributed by atoms with Crippen LogP contribution in [0, 0.1) is 3.57 Å². The van der Waals surface area contributed by atoms with E-state index in [1.807, 2.05) is 0 Å². The van der Waals surface area contributed by atoms with Gasteiger partial charge in [0.15, 0.2) is 0 Å². The minimum Gasteiger partial charge on any atom is -0.313 e. The summed E-state index contributed by atoms with van der Waals surface area (Å²) in [5.41, 5.74) is 3.06. The van der Waals surface area contributed by atoms with Gasteiger partial charge in [-0.25, -0.2) is 0 Å². The molecule has 1 aliphatic rings. The number of nitrogens with one attached hydrogen (secondary N) is 1. The van der Waals surface area contributed by atoms with Gasteiger partial charge in [-0.3, -0.25) is 0 Å². The molecule has 1 N–H and O–H groups in total. The molecular weight excluding hydrogens is 273 g/mol. The van der Waals surface area contributed by atoms with E-state index < -0.39 is 0 Å². The number of aryl methyl sites for hydroxylation is 1. The van der Waals surface area contributed by atoms with Gasteiger partial charge in [0.25, 0.3) is 0 Å². The molecule has 70 valence electrons. The molecule has 0 aliphatic carbocycles. The highest BCUT2D eigenvalue weighted by Crippen LogP contribution is 2.20. The Morgan fingerprint density at radius 1 is 1.23 bits per heavy atom. The zero-order chi connectivity index (χ0) is 9.10. The highest BCUT2D eigenvalue weighted by atomic mass is 127. The molecule has 0 bridgehead atoms. The van der Waals surface area contributed by atoms with E-state index in [0.717, 1.165) is 6.54 Å². The lowest BCUT2D eigenvalue weighted by molar-refractivity contribution is 0.597. The summed E-state index contributed by atoms with van der Waals surface area (Å²) in [4.78, 5) is 0. The van der Waals surface area contributed by atoms with Gasteiger partial charge >= 0.3 is 0 Å². The Labute approximate surface area is 93.1 Å². The Bertz CT molecular complexity index is 296. The molecule has 1 aromatic rings. The van der Waals surface area contributed by atoms with Crippen molar-refractivity contribution in [2.75, 3.05) is 6.54 Å². The molecule has 0 atom stereocenters. The molecule has 2 heteroatoms. The Morgan fingerprint density at radius 3 is 3.08 bits per heavy atom. The normalized spacial score (nSPS) is 17.3. The van der Waals surface area contributed by atoms with E-state index in [1.54, 1.807) is 5.56 Å². The van der Waals surface area contributed by atoms with E-state index in [4.69, 9.17) is 0 Å². The van der Waals surface area contributed by atoms with Crippen molar-refractivity contribution in [3.8, 4) is 0 Å². The summed E-state index contributed by atoms with van der Waals surface area (Å²) in [6.07, 6.45) is 3.89. The number of halogens is 1. The fourth-order valence-corrected chi connectivity index (χ4v) is 2.56. The van der Waals surface area contributed by atoms with Crippen molar-refractivity contribution in [2.24, 2.45) is 0 Å². The molecule has 0 radical (unpaired) electrons. The van der Waals surface area contributed by atoms with Crippen molar-refractivity contribution in [1.29, 1.82) is 0 Å². The second-order valence-corrected chi connectivity index (χ2v) is 4.67. The number of fused-ring (bicyclic) bond motifs is 1. The van der Waals surface area contributed by atoms with Crippen LogP contribution in [0.1, 0.15) is 24.0 Å². The monoisotopic (exact) mass is 287 g/mol. The van der Waals surface area contributed by atoms with Crippen LogP contribution in [-0.2, 0) is 13.0 Å². The molecular formula is C11H14IN. The Hall–Kier alpha value is -0.0900. The van der Waals surface area contributed by atoms with Gasteiger partial charge in [-0.2, -0.15) is 0 Å². The lowest BCUT2D eigenvalue weighted by Gasteiger charge is -2.15. The SMILES string of the molecule is Ic1cccc2c1CNCCCC2. The molecule has 1 aromatic carbocycles. The summed E-state index contributed by atoms with van der Waals surface area (Å²) >= 11 is 2.43. The highest BCUT2D eigenvalue weighted by molar-refractivity contribution is 14.1. The molecule has 2 rings (SSSR count). The van der Waals surface area contributed by atoms with Crippen LogP contribution in [0.3, 0.4) is 0 Å². The van der Waals surface area contributed by atoms with Gasteiger partial charge in [-0.1, -0.05) is 12.1 Å². The maximum atomic E-state index is 3.48. The number of benzene rings is 1. The molecule has 1 heterocycles. The second-order valence-electron chi connectivity index (χ2n) is 3.51. The molecule has 1 aliphatic heterocycles. The minimum atomic E-state index is 1.05. The third-order valence-electron chi connectivity index (χ3n) is 2.57. The fraction of sp³-hybridized carbons (Fsp3) is 0.455. The molecule has 0 saturated carbocycles. The lowest BCUT2D eigenvalue weighted by Crippen LogP contribution is -2.19. The van der Waals surface area contributed by atoms with Crippen molar-refractivity contribution >= 4 is 22.6 Å². The van der Waals surface area contributed by atoms with Gasteiger partial charge in [0, 0.05) is 10.1 Å². The van der Waals surface area contributed by atoms with Gasteiger partial charge in [0.05, 0.1) is 0 Å². The van der Waals surface area contributed by atoms with Crippen LogP contribution in [0.5, 0.6) is 0 Å². The first-order valence-electron chi connectivity index (χ1n) is 4.85. The molecule has 0 fully saturated rings. The van der Waals surface area contributed by atoms with Crippen molar-refractivity contribution in [3.63, 3.8) is 0 Å². The maximum absolute atomic E-state index is 3.48. The fourth-order valence-electron chi connectivity index (χ4n) is 1.81. The van der Waals surface area contributed by atoms with E-state index >= 15 is 0 Å². The van der Waals surface area contributed by atoms with Gasteiger partial charge < -0.3 is 5.32 Å². The summed E-state index contributed by atoms with van der Waals surface area (Å²) in [6, 6.07) is 6.63. The van der Waals surface area contributed by atoms with E-state index in [-0.39, 0.29) is 0 Å². The number of hydrogen-bond donors (Lipinski definition) is 1. The molecule has 0 aromatic heterocycles. The van der Waals surface area contributed by atoms with Crippen LogP contribution in [0.25, 0.3) is 0 Å². The average Bonchev–Trinajstić information content (AvgIpc) is 2.07. The zero-order valence-electron chi connectivity index (χ0n) is 7.65. The van der Waals surface area contributed by atoms with Gasteiger partial charge in [-0.15, -0.1) is 0 Å². The van der Waals surface area contributed by atoms with Gasteiger partial charge in [-0.05, 0) is 65.6 Å². The smallest absolute Gasteiger partial charge is 0.0218 e. The second kappa shape index (κ2) is 4.42. The molecule has 13 heavy (non-hydrogen) atoms. The van der Waals surface area contributed by atoms with Crippen molar-refractivity contribution in [3.05, 3.63) is 32.9 Å². The number of rotatable bonds is 0.